The smallest absolute Gasteiger partial charge is 0.254 e. The Morgan fingerprint density at radius 3 is 2.86 bits per heavy atom. The van der Waals surface area contributed by atoms with Crippen molar-refractivity contribution in [1.82, 2.24) is 24.9 Å². The summed E-state index contributed by atoms with van der Waals surface area (Å²) in [5, 5.41) is 19.7. The molecule has 146 valence electrons. The molecular weight excluding hydrogens is 362 g/mol. The summed E-state index contributed by atoms with van der Waals surface area (Å²) in [5.41, 5.74) is 1.62. The molecule has 0 aromatic carbocycles. The molecule has 0 radical (unpaired) electrons. The fourth-order valence-electron chi connectivity index (χ4n) is 3.71. The first kappa shape index (κ1) is 17.1. The summed E-state index contributed by atoms with van der Waals surface area (Å²) in [7, 11) is 0. The normalized spacial score (nSPS) is 23.8. The van der Waals surface area contributed by atoms with Crippen LogP contribution in [0.1, 0.15) is 37.7 Å². The molecule has 3 N–H and O–H groups in total. The van der Waals surface area contributed by atoms with E-state index in [9.17, 15) is 14.7 Å². The first-order valence-electron chi connectivity index (χ1n) is 9.57. The van der Waals surface area contributed by atoms with Crippen molar-refractivity contribution in [1.29, 1.82) is 0 Å². The number of fused-ring (bicyclic) bond motifs is 1. The molecule has 0 bridgehead atoms. The average molecular weight is 383 g/mol. The fourth-order valence-corrected chi connectivity index (χ4v) is 3.71. The van der Waals surface area contributed by atoms with Gasteiger partial charge < -0.3 is 15.3 Å². The highest BCUT2D eigenvalue weighted by Gasteiger charge is 2.30. The minimum Gasteiger partial charge on any atom is -0.394 e. The van der Waals surface area contributed by atoms with Crippen LogP contribution in [0, 0.1) is 0 Å². The molecule has 10 nitrogen and oxygen atoms in total. The Morgan fingerprint density at radius 1 is 1.29 bits per heavy atom. The zero-order chi connectivity index (χ0) is 19.3. The van der Waals surface area contributed by atoms with Crippen molar-refractivity contribution >= 4 is 35.4 Å². The van der Waals surface area contributed by atoms with E-state index in [1.54, 1.807) is 16.8 Å². The molecule has 2 aromatic rings. The number of carbonyl (C=O) groups is 2. The zero-order valence-corrected chi connectivity index (χ0v) is 15.3. The number of rotatable bonds is 5. The van der Waals surface area contributed by atoms with E-state index in [4.69, 9.17) is 4.98 Å². The molecule has 5 rings (SSSR count). The summed E-state index contributed by atoms with van der Waals surface area (Å²) in [4.78, 5) is 34.8. The van der Waals surface area contributed by atoms with Gasteiger partial charge in [-0.15, -0.1) is 0 Å². The van der Waals surface area contributed by atoms with Crippen LogP contribution >= 0.6 is 0 Å². The Labute approximate surface area is 160 Å². The molecule has 10 heteroatoms. The molecule has 3 aliphatic rings. The van der Waals surface area contributed by atoms with E-state index >= 15 is 0 Å². The van der Waals surface area contributed by atoms with Crippen molar-refractivity contribution in [2.24, 2.45) is 0 Å². The van der Waals surface area contributed by atoms with Gasteiger partial charge in [-0.2, -0.15) is 19.6 Å². The van der Waals surface area contributed by atoms with Gasteiger partial charge in [0.25, 0.3) is 5.91 Å². The zero-order valence-electron chi connectivity index (χ0n) is 15.3. The number of aliphatic hydroxyl groups excluding tert-OH is 1. The highest BCUT2D eigenvalue weighted by Crippen LogP contribution is 2.29. The van der Waals surface area contributed by atoms with Gasteiger partial charge in [0.15, 0.2) is 5.65 Å². The summed E-state index contributed by atoms with van der Waals surface area (Å²) >= 11 is 0. The number of imide groups is 1. The van der Waals surface area contributed by atoms with Crippen molar-refractivity contribution < 1.29 is 14.7 Å². The summed E-state index contributed by atoms with van der Waals surface area (Å²) in [5.74, 6) is 0.457. The average Bonchev–Trinajstić information content (AvgIpc) is 3.08. The SMILES string of the molecule is O=C1C/C(=C\c2cnn3c(NC4CC4)nc(N4CCC[C@@H]4CO)nc23)C(=O)N1. The largest absolute Gasteiger partial charge is 0.394 e. The van der Waals surface area contributed by atoms with E-state index < -0.39 is 0 Å². The molecule has 2 saturated heterocycles. The number of carbonyl (C=O) groups excluding carboxylic acids is 2. The number of nitrogens with zero attached hydrogens (tertiary/aromatic N) is 5. The maximum Gasteiger partial charge on any atom is 0.254 e. The molecule has 0 spiro atoms. The topological polar surface area (TPSA) is 125 Å². The minimum absolute atomic E-state index is 0.000757. The molecule has 4 heterocycles. The third-order valence-electron chi connectivity index (χ3n) is 5.36. The number of amides is 2. The van der Waals surface area contributed by atoms with Gasteiger partial charge in [0.05, 0.1) is 25.3 Å². The molecule has 2 aliphatic heterocycles. The third-order valence-corrected chi connectivity index (χ3v) is 5.36. The van der Waals surface area contributed by atoms with E-state index in [0.29, 0.717) is 34.7 Å². The lowest BCUT2D eigenvalue weighted by molar-refractivity contribution is -0.124. The number of hydrogen-bond acceptors (Lipinski definition) is 8. The molecule has 2 aromatic heterocycles. The second-order valence-corrected chi connectivity index (χ2v) is 7.50. The molecular formula is C18H21N7O3. The Kier molecular flexibility index (Phi) is 4.00. The lowest BCUT2D eigenvalue weighted by Gasteiger charge is -2.23. The number of aromatic nitrogens is 4. The van der Waals surface area contributed by atoms with Crippen molar-refractivity contribution in [3.63, 3.8) is 0 Å². The number of aliphatic hydroxyl groups is 1. The maximum absolute atomic E-state index is 11.9. The van der Waals surface area contributed by atoms with Gasteiger partial charge in [0.2, 0.25) is 17.8 Å². The van der Waals surface area contributed by atoms with Crippen molar-refractivity contribution in [3.05, 3.63) is 17.3 Å². The van der Waals surface area contributed by atoms with E-state index in [1.165, 1.54) is 0 Å². The molecule has 1 aliphatic carbocycles. The number of hydrogen-bond donors (Lipinski definition) is 3. The highest BCUT2D eigenvalue weighted by atomic mass is 16.3. The van der Waals surface area contributed by atoms with Crippen LogP contribution in [0.2, 0.25) is 0 Å². The van der Waals surface area contributed by atoms with Crippen LogP contribution in [0.15, 0.2) is 11.8 Å². The quantitative estimate of drug-likeness (QED) is 0.490. The summed E-state index contributed by atoms with van der Waals surface area (Å²) in [6.45, 7) is 0.837. The third kappa shape index (κ3) is 2.99. The Bertz CT molecular complexity index is 994. The van der Waals surface area contributed by atoms with Gasteiger partial charge in [-0.1, -0.05) is 0 Å². The highest BCUT2D eigenvalue weighted by molar-refractivity contribution is 6.15. The second kappa shape index (κ2) is 6.55. The first-order valence-corrected chi connectivity index (χ1v) is 9.57. The Morgan fingerprint density at radius 2 is 2.14 bits per heavy atom. The van der Waals surface area contributed by atoms with Crippen molar-refractivity contribution in [3.8, 4) is 0 Å². The minimum atomic E-state index is -0.380. The van der Waals surface area contributed by atoms with E-state index in [0.717, 1.165) is 32.2 Å². The summed E-state index contributed by atoms with van der Waals surface area (Å²) in [6, 6.07) is 0.376. The van der Waals surface area contributed by atoms with Gasteiger partial charge in [0, 0.05) is 23.7 Å². The lowest BCUT2D eigenvalue weighted by atomic mass is 10.1. The van der Waals surface area contributed by atoms with Crippen LogP contribution in [-0.4, -0.2) is 61.7 Å². The summed E-state index contributed by atoms with van der Waals surface area (Å²) < 4.78 is 1.63. The van der Waals surface area contributed by atoms with Gasteiger partial charge in [0.1, 0.15) is 0 Å². The fraction of sp³-hybridized carbons (Fsp3) is 0.500. The van der Waals surface area contributed by atoms with Crippen LogP contribution in [-0.2, 0) is 9.59 Å². The molecule has 28 heavy (non-hydrogen) atoms. The number of anilines is 2. The van der Waals surface area contributed by atoms with Gasteiger partial charge in [-0.05, 0) is 31.8 Å². The van der Waals surface area contributed by atoms with E-state index in [-0.39, 0.29) is 30.9 Å². The maximum atomic E-state index is 11.9. The van der Waals surface area contributed by atoms with Crippen LogP contribution in [0.4, 0.5) is 11.9 Å². The van der Waals surface area contributed by atoms with Gasteiger partial charge in [-0.3, -0.25) is 14.9 Å². The van der Waals surface area contributed by atoms with Crippen LogP contribution < -0.4 is 15.5 Å². The van der Waals surface area contributed by atoms with Crippen molar-refractivity contribution in [2.45, 2.75) is 44.2 Å². The van der Waals surface area contributed by atoms with Gasteiger partial charge >= 0.3 is 0 Å². The molecule has 2 amide bonds. The van der Waals surface area contributed by atoms with Crippen LogP contribution in [0.5, 0.6) is 0 Å². The second-order valence-electron chi connectivity index (χ2n) is 7.50. The Hall–Kier alpha value is -3.01. The monoisotopic (exact) mass is 383 g/mol. The molecule has 1 atom stereocenters. The van der Waals surface area contributed by atoms with Crippen LogP contribution in [0.3, 0.4) is 0 Å². The Balaban J connectivity index is 1.60. The standard InChI is InChI=1S/C18H21N7O3/c26-9-13-2-1-5-24(13)17-22-15-11(6-10-7-14(27)21-16(10)28)8-19-25(15)18(23-17)20-12-3-4-12/h6,8,12-13,26H,1-5,7,9H2,(H,20,22,23)(H,21,27,28)/b10-6+/t13-/m1/s1. The first-order chi connectivity index (χ1) is 13.6. The number of nitrogens with one attached hydrogen (secondary N) is 2. The predicted molar refractivity (Wildman–Crippen MR) is 101 cm³/mol. The molecule has 1 saturated carbocycles. The van der Waals surface area contributed by atoms with E-state index in [1.807, 2.05) is 4.90 Å². The predicted octanol–water partition coefficient (Wildman–Crippen LogP) is 0.0896. The van der Waals surface area contributed by atoms with Gasteiger partial charge in [-0.25, -0.2) is 0 Å². The van der Waals surface area contributed by atoms with Crippen LogP contribution in [0.25, 0.3) is 11.7 Å². The lowest BCUT2D eigenvalue weighted by Crippen LogP contribution is -2.34. The summed E-state index contributed by atoms with van der Waals surface area (Å²) in [6.07, 6.45) is 7.39. The van der Waals surface area contributed by atoms with E-state index in [2.05, 4.69) is 20.7 Å². The molecule has 3 fully saturated rings. The molecule has 0 unspecified atom stereocenters. The van der Waals surface area contributed by atoms with Crippen molar-refractivity contribution in [2.75, 3.05) is 23.4 Å².